The number of aromatic nitrogens is 3. The number of hydrogen-bond acceptors (Lipinski definition) is 3. The van der Waals surface area contributed by atoms with E-state index in [0.717, 1.165) is 33.8 Å². The van der Waals surface area contributed by atoms with Gasteiger partial charge in [0.05, 0.1) is 0 Å². The fraction of sp³-hybridized carbons (Fsp3) is 0.0656. The molecule has 0 spiro atoms. The summed E-state index contributed by atoms with van der Waals surface area (Å²) in [5.41, 5.74) is 20.6. The molecule has 4 heteroatoms. The maximum Gasteiger partial charge on any atom is 3.00 e. The minimum Gasteiger partial charge on any atom is -0.305 e. The van der Waals surface area contributed by atoms with Crippen LogP contribution in [0.5, 0.6) is 0 Å². The monoisotopic (exact) mass is 1020 g/mol. The van der Waals surface area contributed by atoms with E-state index in [1.54, 1.807) is 6.20 Å². The molecule has 0 atom stereocenters. The summed E-state index contributed by atoms with van der Waals surface area (Å²) >= 11 is 0. The summed E-state index contributed by atoms with van der Waals surface area (Å²) in [6, 6.07) is 78.4. The summed E-state index contributed by atoms with van der Waals surface area (Å²) in [6.07, 6.45) is 5.65. The summed E-state index contributed by atoms with van der Waals surface area (Å²) < 4.78 is 0. The molecule has 3 nitrogen and oxygen atoms in total. The summed E-state index contributed by atoms with van der Waals surface area (Å²) in [5, 5.41) is 0. The van der Waals surface area contributed by atoms with Crippen LogP contribution in [0.1, 0.15) is 22.3 Å². The predicted molar refractivity (Wildman–Crippen MR) is 266 cm³/mol. The minimum atomic E-state index is 0. The molecular weight excluding hydrogens is 967 g/mol. The van der Waals surface area contributed by atoms with Crippen LogP contribution < -0.4 is 0 Å². The van der Waals surface area contributed by atoms with Crippen LogP contribution in [0.3, 0.4) is 0 Å². The summed E-state index contributed by atoms with van der Waals surface area (Å²) in [5.74, 6) is 0. The third kappa shape index (κ3) is 11.8. The fourth-order valence-corrected chi connectivity index (χ4v) is 7.47. The average molecular weight is 1020 g/mol. The smallest absolute Gasteiger partial charge is 0.305 e. The van der Waals surface area contributed by atoms with Crippen LogP contribution in [0.4, 0.5) is 0 Å². The summed E-state index contributed by atoms with van der Waals surface area (Å²) in [7, 11) is 0. The van der Waals surface area contributed by atoms with E-state index in [4.69, 9.17) is 0 Å². The summed E-state index contributed by atoms with van der Waals surface area (Å²) in [6.45, 7) is 8.46. The molecule has 0 unspecified atom stereocenters. The van der Waals surface area contributed by atoms with Crippen LogP contribution >= 0.6 is 0 Å². The van der Waals surface area contributed by atoms with Crippen LogP contribution in [0.25, 0.3) is 78.3 Å². The van der Waals surface area contributed by atoms with Gasteiger partial charge in [0, 0.05) is 18.6 Å². The molecule has 10 aromatic rings. The largest absolute Gasteiger partial charge is 3.00 e. The Hall–Kier alpha value is -7.36. The van der Waals surface area contributed by atoms with Crippen molar-refractivity contribution in [2.45, 2.75) is 27.7 Å². The van der Waals surface area contributed by atoms with E-state index in [9.17, 15) is 0 Å². The molecule has 0 bridgehead atoms. The Morgan fingerprint density at radius 2 is 0.954 bits per heavy atom. The van der Waals surface area contributed by atoms with E-state index in [2.05, 4.69) is 163 Å². The van der Waals surface area contributed by atoms with Gasteiger partial charge in [0.1, 0.15) is 0 Å². The maximum atomic E-state index is 4.60. The molecule has 0 amide bonds. The van der Waals surface area contributed by atoms with Crippen molar-refractivity contribution in [1.82, 2.24) is 15.0 Å². The first-order valence-corrected chi connectivity index (χ1v) is 21.5. The van der Waals surface area contributed by atoms with Crippen LogP contribution in [-0.4, -0.2) is 15.0 Å². The van der Waals surface area contributed by atoms with Crippen molar-refractivity contribution in [2.75, 3.05) is 0 Å². The zero-order valence-electron chi connectivity index (χ0n) is 37.0. The Morgan fingerprint density at radius 3 is 1.57 bits per heavy atom. The Balaban J connectivity index is 0.000000147. The molecule has 0 aliphatic carbocycles. The van der Waals surface area contributed by atoms with Gasteiger partial charge in [-0.25, -0.2) is 0 Å². The van der Waals surface area contributed by atoms with E-state index >= 15 is 0 Å². The van der Waals surface area contributed by atoms with Crippen LogP contribution in [0.15, 0.2) is 219 Å². The van der Waals surface area contributed by atoms with E-state index < -0.39 is 0 Å². The Bertz CT molecular complexity index is 2970. The number of nitrogens with zero attached hydrogens (tertiary/aromatic N) is 3. The number of pyridine rings is 3. The fourth-order valence-electron chi connectivity index (χ4n) is 7.47. The van der Waals surface area contributed by atoms with Crippen LogP contribution in [-0.2, 0) is 20.1 Å². The topological polar surface area (TPSA) is 38.7 Å². The molecule has 10 rings (SSSR count). The van der Waals surface area contributed by atoms with Gasteiger partial charge in [0.25, 0.3) is 0 Å². The van der Waals surface area contributed by atoms with Gasteiger partial charge in [-0.2, -0.15) is 0 Å². The van der Waals surface area contributed by atoms with E-state index in [0.29, 0.717) is 0 Å². The molecule has 3 heterocycles. The Kier molecular flexibility index (Phi) is 15.7. The van der Waals surface area contributed by atoms with Crippen molar-refractivity contribution in [3.8, 4) is 78.3 Å². The van der Waals surface area contributed by atoms with E-state index in [1.807, 2.05) is 110 Å². The third-order valence-electron chi connectivity index (χ3n) is 11.0. The third-order valence-corrected chi connectivity index (χ3v) is 11.0. The van der Waals surface area contributed by atoms with Gasteiger partial charge in [-0.05, 0) is 88.4 Å². The second kappa shape index (κ2) is 22.3. The summed E-state index contributed by atoms with van der Waals surface area (Å²) in [4.78, 5) is 13.4. The van der Waals surface area contributed by atoms with E-state index in [1.165, 1.54) is 66.8 Å². The second-order valence-corrected chi connectivity index (χ2v) is 15.7. The second-order valence-electron chi connectivity index (χ2n) is 15.7. The van der Waals surface area contributed by atoms with Gasteiger partial charge in [-0.3, -0.25) is 0 Å². The Morgan fingerprint density at radius 1 is 0.338 bits per heavy atom. The first-order valence-electron chi connectivity index (χ1n) is 21.5. The zero-order valence-corrected chi connectivity index (χ0v) is 39.4. The first kappa shape index (κ1) is 45.7. The number of rotatable bonds is 7. The van der Waals surface area contributed by atoms with Crippen molar-refractivity contribution in [3.63, 3.8) is 0 Å². The standard InChI is InChI=1S/C25H20N.C19H16N.C17H12N.Ir/c1-18-15-22(20-9-5-3-6-10-20)13-14-23(18)24-16-25(26-17-19(24)2)21-11-7-4-8-12-21;1-14-8-11-19(20-13-14)17-10-9-15(2)18(12-17)16-6-4-3-5-7-16;1-2-6-14(7-3-1)15-9-11-16(12-10-15)17-8-4-5-13-18-17;/h3-11,13-17H,1-2H3;3-9,11-13H,1-2H3;1-11,13H;/q3*-1;+3. The molecule has 3 aromatic heterocycles. The molecule has 0 saturated carbocycles. The van der Waals surface area contributed by atoms with Gasteiger partial charge < -0.3 is 15.0 Å². The normalized spacial score (nSPS) is 10.3. The zero-order chi connectivity index (χ0) is 44.1. The molecule has 0 fully saturated rings. The van der Waals surface area contributed by atoms with Gasteiger partial charge in [-0.15, -0.1) is 95.1 Å². The molecule has 7 aromatic carbocycles. The SMILES string of the molecule is Cc1cc(-c2ccccc2)ccc1-c1cc(-c2[c-]cccc2)ncc1C.Cc1ccc(-c2[c-]cc(C)c(-c3ccccc3)c2)nc1.[Ir+3].[c-]1cc(-c2ccccc2)ccc1-c1ccccn1. The Labute approximate surface area is 398 Å². The van der Waals surface area contributed by atoms with Crippen molar-refractivity contribution >= 4 is 0 Å². The molecular formula is C61H48IrN3. The first-order chi connectivity index (χ1) is 31.4. The molecule has 0 aliphatic heterocycles. The van der Waals surface area contributed by atoms with Gasteiger partial charge in [0.2, 0.25) is 0 Å². The average Bonchev–Trinajstić information content (AvgIpc) is 3.36. The van der Waals surface area contributed by atoms with Crippen LogP contribution in [0.2, 0.25) is 0 Å². The van der Waals surface area contributed by atoms with Gasteiger partial charge >= 0.3 is 20.1 Å². The van der Waals surface area contributed by atoms with Gasteiger partial charge in [0.15, 0.2) is 0 Å². The molecule has 65 heavy (non-hydrogen) atoms. The maximum absolute atomic E-state index is 4.60. The molecule has 0 N–H and O–H groups in total. The minimum absolute atomic E-state index is 0. The van der Waals surface area contributed by atoms with E-state index in [-0.39, 0.29) is 20.1 Å². The quantitative estimate of drug-likeness (QED) is 0.149. The van der Waals surface area contributed by atoms with Crippen molar-refractivity contribution in [1.29, 1.82) is 0 Å². The number of benzene rings is 7. The predicted octanol–water partition coefficient (Wildman–Crippen LogP) is 15.5. The molecule has 0 aliphatic rings. The molecule has 0 saturated heterocycles. The molecule has 0 radical (unpaired) electrons. The van der Waals surface area contributed by atoms with Gasteiger partial charge in [-0.1, -0.05) is 163 Å². The van der Waals surface area contributed by atoms with Crippen LogP contribution in [0, 0.1) is 45.9 Å². The van der Waals surface area contributed by atoms with Crippen molar-refractivity contribution in [2.24, 2.45) is 0 Å². The number of hydrogen-bond donors (Lipinski definition) is 0. The number of aryl methyl sites for hydroxylation is 4. The van der Waals surface area contributed by atoms with Crippen molar-refractivity contribution in [3.05, 3.63) is 259 Å². The van der Waals surface area contributed by atoms with Crippen molar-refractivity contribution < 1.29 is 20.1 Å². The molecule has 316 valence electrons.